The van der Waals surface area contributed by atoms with E-state index in [0.717, 1.165) is 17.1 Å². The van der Waals surface area contributed by atoms with Crippen LogP contribution in [0.15, 0.2) is 41.4 Å². The second-order valence-electron chi connectivity index (χ2n) is 4.64. The molecule has 0 aliphatic rings. The van der Waals surface area contributed by atoms with Crippen LogP contribution in [0.3, 0.4) is 0 Å². The SMILES string of the molecule is C=C(C)CNC(N)=NCC(C)Oc1ccc(OC)cc1. The van der Waals surface area contributed by atoms with E-state index in [9.17, 15) is 0 Å². The van der Waals surface area contributed by atoms with E-state index < -0.39 is 0 Å². The molecule has 1 atom stereocenters. The molecule has 5 heteroatoms. The molecule has 5 nitrogen and oxygen atoms in total. The number of benzene rings is 1. The zero-order valence-corrected chi connectivity index (χ0v) is 12.3. The minimum Gasteiger partial charge on any atom is -0.497 e. The fraction of sp³-hybridized carbons (Fsp3) is 0.400. The van der Waals surface area contributed by atoms with Gasteiger partial charge in [-0.1, -0.05) is 12.2 Å². The number of aliphatic imine (C=N–C) groups is 1. The molecule has 20 heavy (non-hydrogen) atoms. The summed E-state index contributed by atoms with van der Waals surface area (Å²) in [5.74, 6) is 1.98. The van der Waals surface area contributed by atoms with E-state index in [4.69, 9.17) is 15.2 Å². The van der Waals surface area contributed by atoms with Crippen molar-refractivity contribution in [2.24, 2.45) is 10.7 Å². The largest absolute Gasteiger partial charge is 0.497 e. The molecule has 0 saturated carbocycles. The van der Waals surface area contributed by atoms with E-state index in [0.29, 0.717) is 19.0 Å². The third-order valence-electron chi connectivity index (χ3n) is 2.49. The normalized spacial score (nSPS) is 12.7. The third-order valence-corrected chi connectivity index (χ3v) is 2.49. The molecular weight excluding hydrogens is 254 g/mol. The molecule has 0 amide bonds. The number of nitrogens with zero attached hydrogens (tertiary/aromatic N) is 1. The minimum atomic E-state index is -0.0615. The summed E-state index contributed by atoms with van der Waals surface area (Å²) >= 11 is 0. The van der Waals surface area contributed by atoms with Gasteiger partial charge in [-0.15, -0.1) is 0 Å². The minimum absolute atomic E-state index is 0.0615. The van der Waals surface area contributed by atoms with Gasteiger partial charge in [-0.3, -0.25) is 0 Å². The highest BCUT2D eigenvalue weighted by Gasteiger charge is 2.04. The number of ether oxygens (including phenoxy) is 2. The molecule has 0 bridgehead atoms. The number of hydrogen-bond acceptors (Lipinski definition) is 3. The Hall–Kier alpha value is -2.17. The predicted octanol–water partition coefficient (Wildman–Crippen LogP) is 1.94. The fourth-order valence-corrected chi connectivity index (χ4v) is 1.45. The maximum absolute atomic E-state index is 5.73. The Morgan fingerprint density at radius 2 is 1.95 bits per heavy atom. The topological polar surface area (TPSA) is 68.9 Å². The number of nitrogens with one attached hydrogen (secondary N) is 1. The molecule has 0 radical (unpaired) electrons. The summed E-state index contributed by atoms with van der Waals surface area (Å²) < 4.78 is 10.8. The number of methoxy groups -OCH3 is 1. The van der Waals surface area contributed by atoms with Crippen molar-refractivity contribution in [2.75, 3.05) is 20.2 Å². The van der Waals surface area contributed by atoms with Crippen LogP contribution < -0.4 is 20.5 Å². The van der Waals surface area contributed by atoms with Crippen molar-refractivity contribution in [2.45, 2.75) is 20.0 Å². The second-order valence-corrected chi connectivity index (χ2v) is 4.64. The standard InChI is InChI=1S/C15H23N3O2/c1-11(2)9-17-15(16)18-10-12(3)20-14-7-5-13(19-4)6-8-14/h5-8,12H,1,9-10H2,2-4H3,(H3,16,17,18). The van der Waals surface area contributed by atoms with Gasteiger partial charge in [0, 0.05) is 6.54 Å². The average Bonchev–Trinajstić information content (AvgIpc) is 2.43. The molecule has 0 aliphatic heterocycles. The van der Waals surface area contributed by atoms with E-state index in [1.54, 1.807) is 7.11 Å². The van der Waals surface area contributed by atoms with E-state index >= 15 is 0 Å². The number of rotatable bonds is 7. The van der Waals surface area contributed by atoms with Crippen LogP contribution in [0.25, 0.3) is 0 Å². The summed E-state index contributed by atoms with van der Waals surface area (Å²) in [7, 11) is 1.63. The summed E-state index contributed by atoms with van der Waals surface area (Å²) in [6.45, 7) is 8.77. The Morgan fingerprint density at radius 1 is 1.35 bits per heavy atom. The maximum Gasteiger partial charge on any atom is 0.188 e. The molecule has 0 fully saturated rings. The average molecular weight is 277 g/mol. The lowest BCUT2D eigenvalue weighted by molar-refractivity contribution is 0.230. The highest BCUT2D eigenvalue weighted by Crippen LogP contribution is 2.18. The Bertz CT molecular complexity index is 455. The number of guanidine groups is 1. The molecule has 3 N–H and O–H groups in total. The van der Waals surface area contributed by atoms with Gasteiger partial charge in [-0.25, -0.2) is 4.99 Å². The first-order chi connectivity index (χ1) is 9.51. The first kappa shape index (κ1) is 15.9. The van der Waals surface area contributed by atoms with Crippen molar-refractivity contribution >= 4 is 5.96 Å². The van der Waals surface area contributed by atoms with Gasteiger partial charge in [0.15, 0.2) is 5.96 Å². The Kier molecular flexibility index (Phi) is 6.43. The molecule has 0 saturated heterocycles. The molecule has 1 unspecified atom stereocenters. The lowest BCUT2D eigenvalue weighted by Gasteiger charge is -2.13. The van der Waals surface area contributed by atoms with Crippen LogP contribution in [0.5, 0.6) is 11.5 Å². The van der Waals surface area contributed by atoms with Crippen LogP contribution in [0.2, 0.25) is 0 Å². The lowest BCUT2D eigenvalue weighted by atomic mass is 10.3. The van der Waals surface area contributed by atoms with Gasteiger partial charge < -0.3 is 20.5 Å². The van der Waals surface area contributed by atoms with E-state index in [-0.39, 0.29) is 6.10 Å². The van der Waals surface area contributed by atoms with Gasteiger partial charge >= 0.3 is 0 Å². The fourth-order valence-electron chi connectivity index (χ4n) is 1.45. The highest BCUT2D eigenvalue weighted by molar-refractivity contribution is 5.78. The molecule has 1 aromatic carbocycles. The van der Waals surface area contributed by atoms with Crippen molar-refractivity contribution in [1.29, 1.82) is 0 Å². The van der Waals surface area contributed by atoms with Gasteiger partial charge in [0.1, 0.15) is 17.6 Å². The van der Waals surface area contributed by atoms with E-state index in [2.05, 4.69) is 16.9 Å². The zero-order valence-electron chi connectivity index (χ0n) is 12.3. The molecular formula is C15H23N3O2. The second kappa shape index (κ2) is 8.09. The van der Waals surface area contributed by atoms with Crippen molar-refractivity contribution < 1.29 is 9.47 Å². The van der Waals surface area contributed by atoms with Crippen LogP contribution in [0, 0.1) is 0 Å². The Morgan fingerprint density at radius 3 is 2.50 bits per heavy atom. The Balaban J connectivity index is 2.40. The van der Waals surface area contributed by atoms with Crippen molar-refractivity contribution in [3.8, 4) is 11.5 Å². The summed E-state index contributed by atoms with van der Waals surface area (Å²) in [5.41, 5.74) is 6.73. The summed E-state index contributed by atoms with van der Waals surface area (Å²) in [6.07, 6.45) is -0.0615. The number of nitrogens with two attached hydrogens (primary N) is 1. The maximum atomic E-state index is 5.73. The first-order valence-corrected chi connectivity index (χ1v) is 6.50. The summed E-state index contributed by atoms with van der Waals surface area (Å²) in [5, 5.41) is 2.97. The van der Waals surface area contributed by atoms with Crippen LogP contribution in [0.1, 0.15) is 13.8 Å². The van der Waals surface area contributed by atoms with E-state index in [1.807, 2.05) is 38.1 Å². The summed E-state index contributed by atoms with van der Waals surface area (Å²) in [4.78, 5) is 4.22. The molecule has 0 aromatic heterocycles. The zero-order chi connectivity index (χ0) is 15.0. The monoisotopic (exact) mass is 277 g/mol. The van der Waals surface area contributed by atoms with Gasteiger partial charge in [0.25, 0.3) is 0 Å². The van der Waals surface area contributed by atoms with Crippen LogP contribution in [0.4, 0.5) is 0 Å². The Labute approximate surface area is 120 Å². The third kappa shape index (κ3) is 6.13. The van der Waals surface area contributed by atoms with Gasteiger partial charge in [-0.2, -0.15) is 0 Å². The number of hydrogen-bond donors (Lipinski definition) is 2. The quantitative estimate of drug-likeness (QED) is 0.454. The lowest BCUT2D eigenvalue weighted by Crippen LogP contribution is -2.33. The van der Waals surface area contributed by atoms with Crippen molar-refractivity contribution in [3.05, 3.63) is 36.4 Å². The molecule has 0 heterocycles. The van der Waals surface area contributed by atoms with Gasteiger partial charge in [0.05, 0.1) is 13.7 Å². The molecule has 0 aliphatic carbocycles. The first-order valence-electron chi connectivity index (χ1n) is 6.50. The summed E-state index contributed by atoms with van der Waals surface area (Å²) in [6, 6.07) is 7.44. The molecule has 110 valence electrons. The smallest absolute Gasteiger partial charge is 0.188 e. The van der Waals surface area contributed by atoms with Crippen LogP contribution >= 0.6 is 0 Å². The van der Waals surface area contributed by atoms with Crippen LogP contribution in [-0.2, 0) is 0 Å². The molecule has 0 spiro atoms. The van der Waals surface area contributed by atoms with Crippen molar-refractivity contribution in [1.82, 2.24) is 5.32 Å². The highest BCUT2D eigenvalue weighted by atomic mass is 16.5. The predicted molar refractivity (Wildman–Crippen MR) is 82.4 cm³/mol. The van der Waals surface area contributed by atoms with Crippen molar-refractivity contribution in [3.63, 3.8) is 0 Å². The van der Waals surface area contributed by atoms with Gasteiger partial charge in [-0.05, 0) is 38.1 Å². The van der Waals surface area contributed by atoms with E-state index in [1.165, 1.54) is 0 Å². The molecule has 1 aromatic rings. The van der Waals surface area contributed by atoms with Crippen LogP contribution in [-0.4, -0.2) is 32.3 Å². The molecule has 1 rings (SSSR count). The van der Waals surface area contributed by atoms with Gasteiger partial charge in [0.2, 0.25) is 0 Å².